The normalized spacial score (nSPS) is 28.5. The van der Waals surface area contributed by atoms with E-state index in [1.807, 2.05) is 13.8 Å². The number of nitrogens with one attached hydrogen (secondary N) is 1. The zero-order valence-corrected chi connectivity index (χ0v) is 7.01. The number of rotatable bonds is 1. The topological polar surface area (TPSA) is 47.6 Å². The van der Waals surface area contributed by atoms with Crippen LogP contribution >= 0.6 is 0 Å². The van der Waals surface area contributed by atoms with Crippen LogP contribution in [0.15, 0.2) is 0 Å². The highest BCUT2D eigenvalue weighted by Gasteiger charge is 2.35. The second-order valence-electron chi connectivity index (χ2n) is 3.04. The van der Waals surface area contributed by atoms with E-state index in [-0.39, 0.29) is 12.0 Å². The van der Waals surface area contributed by atoms with Crippen LogP contribution in [0.4, 0.5) is 0 Å². The molecule has 0 amide bonds. The van der Waals surface area contributed by atoms with Gasteiger partial charge in [-0.25, -0.2) is 0 Å². The standard InChI is InChI=1S/C7H13NO3/c1-7(2)8-5(4-11-7)6(9)10-3/h5,8H,4H2,1-3H3/t5-/m1/s1. The maximum Gasteiger partial charge on any atom is 0.325 e. The van der Waals surface area contributed by atoms with E-state index < -0.39 is 5.72 Å². The molecule has 1 atom stereocenters. The number of carbonyl (C=O) groups is 1. The summed E-state index contributed by atoms with van der Waals surface area (Å²) >= 11 is 0. The van der Waals surface area contributed by atoms with Gasteiger partial charge in [0.2, 0.25) is 0 Å². The monoisotopic (exact) mass is 159 g/mol. The van der Waals surface area contributed by atoms with Gasteiger partial charge in [-0.15, -0.1) is 0 Å². The first kappa shape index (κ1) is 8.49. The van der Waals surface area contributed by atoms with Crippen LogP contribution in [0.2, 0.25) is 0 Å². The molecule has 1 saturated heterocycles. The molecule has 0 aliphatic carbocycles. The van der Waals surface area contributed by atoms with Gasteiger partial charge in [0.15, 0.2) is 0 Å². The largest absolute Gasteiger partial charge is 0.468 e. The molecule has 1 aliphatic rings. The molecule has 0 radical (unpaired) electrons. The third kappa shape index (κ3) is 1.91. The fourth-order valence-electron chi connectivity index (χ4n) is 1.06. The van der Waals surface area contributed by atoms with Crippen LogP contribution in [0, 0.1) is 0 Å². The van der Waals surface area contributed by atoms with Crippen molar-refractivity contribution in [2.75, 3.05) is 13.7 Å². The maximum atomic E-state index is 10.9. The Morgan fingerprint density at radius 3 is 2.73 bits per heavy atom. The zero-order chi connectivity index (χ0) is 8.48. The van der Waals surface area contributed by atoms with E-state index >= 15 is 0 Å². The number of esters is 1. The summed E-state index contributed by atoms with van der Waals surface area (Å²) in [5.74, 6) is -0.268. The summed E-state index contributed by atoms with van der Waals surface area (Å²) < 4.78 is 9.81. The van der Waals surface area contributed by atoms with Gasteiger partial charge in [0.25, 0.3) is 0 Å². The number of ether oxygens (including phenoxy) is 2. The Morgan fingerprint density at radius 1 is 1.73 bits per heavy atom. The first-order chi connectivity index (χ1) is 5.05. The summed E-state index contributed by atoms with van der Waals surface area (Å²) in [7, 11) is 1.37. The molecule has 0 aromatic heterocycles. The van der Waals surface area contributed by atoms with E-state index in [0.717, 1.165) is 0 Å². The van der Waals surface area contributed by atoms with Gasteiger partial charge in [0, 0.05) is 0 Å². The molecular weight excluding hydrogens is 146 g/mol. The van der Waals surface area contributed by atoms with E-state index in [0.29, 0.717) is 6.61 Å². The van der Waals surface area contributed by atoms with Gasteiger partial charge in [0.1, 0.15) is 11.8 Å². The summed E-state index contributed by atoms with van der Waals surface area (Å²) in [5, 5.41) is 2.98. The van der Waals surface area contributed by atoms with E-state index in [2.05, 4.69) is 10.1 Å². The van der Waals surface area contributed by atoms with Crippen molar-refractivity contribution in [1.82, 2.24) is 5.32 Å². The van der Waals surface area contributed by atoms with Crippen molar-refractivity contribution in [3.05, 3.63) is 0 Å². The quantitative estimate of drug-likeness (QED) is 0.542. The third-order valence-electron chi connectivity index (χ3n) is 1.62. The van der Waals surface area contributed by atoms with Crippen molar-refractivity contribution < 1.29 is 14.3 Å². The first-order valence-corrected chi connectivity index (χ1v) is 3.54. The molecule has 0 aromatic carbocycles. The van der Waals surface area contributed by atoms with Gasteiger partial charge in [-0.1, -0.05) is 0 Å². The van der Waals surface area contributed by atoms with Crippen LogP contribution in [-0.2, 0) is 14.3 Å². The highest BCUT2D eigenvalue weighted by atomic mass is 16.5. The zero-order valence-electron chi connectivity index (χ0n) is 7.01. The molecule has 1 aliphatic heterocycles. The Kier molecular flexibility index (Phi) is 2.15. The summed E-state index contributed by atoms with van der Waals surface area (Å²) in [5.41, 5.74) is -0.404. The average molecular weight is 159 g/mol. The van der Waals surface area contributed by atoms with Gasteiger partial charge >= 0.3 is 5.97 Å². The highest BCUT2D eigenvalue weighted by molar-refractivity contribution is 5.76. The van der Waals surface area contributed by atoms with E-state index in [1.54, 1.807) is 0 Å². The van der Waals surface area contributed by atoms with Crippen molar-refractivity contribution in [3.63, 3.8) is 0 Å². The predicted octanol–water partition coefficient (Wildman–Crippen LogP) is -0.116. The molecule has 11 heavy (non-hydrogen) atoms. The van der Waals surface area contributed by atoms with Crippen LogP contribution in [0.1, 0.15) is 13.8 Å². The minimum absolute atomic E-state index is 0.268. The summed E-state index contributed by atoms with van der Waals surface area (Å²) in [6.07, 6.45) is 0. The van der Waals surface area contributed by atoms with Gasteiger partial charge in [0.05, 0.1) is 13.7 Å². The molecule has 0 bridgehead atoms. The number of methoxy groups -OCH3 is 1. The van der Waals surface area contributed by atoms with Gasteiger partial charge in [-0.05, 0) is 13.8 Å². The van der Waals surface area contributed by atoms with Gasteiger partial charge in [-0.3, -0.25) is 10.1 Å². The summed E-state index contributed by atoms with van der Waals surface area (Å²) in [4.78, 5) is 10.9. The van der Waals surface area contributed by atoms with E-state index in [1.165, 1.54) is 7.11 Å². The lowest BCUT2D eigenvalue weighted by Crippen LogP contribution is -2.42. The third-order valence-corrected chi connectivity index (χ3v) is 1.62. The first-order valence-electron chi connectivity index (χ1n) is 3.54. The molecule has 0 aromatic rings. The Morgan fingerprint density at radius 2 is 2.36 bits per heavy atom. The van der Waals surface area contributed by atoms with E-state index in [9.17, 15) is 4.79 Å². The maximum absolute atomic E-state index is 10.9. The molecule has 4 heteroatoms. The number of carbonyl (C=O) groups excluding carboxylic acids is 1. The molecule has 4 nitrogen and oxygen atoms in total. The summed E-state index contributed by atoms with van der Waals surface area (Å²) in [6, 6.07) is -0.310. The molecule has 1 heterocycles. The second-order valence-corrected chi connectivity index (χ2v) is 3.04. The molecule has 1 N–H and O–H groups in total. The van der Waals surface area contributed by atoms with Crippen molar-refractivity contribution in [1.29, 1.82) is 0 Å². The van der Waals surface area contributed by atoms with Crippen LogP contribution < -0.4 is 5.32 Å². The van der Waals surface area contributed by atoms with Crippen LogP contribution in [0.5, 0.6) is 0 Å². The number of hydrogen-bond acceptors (Lipinski definition) is 4. The lowest BCUT2D eigenvalue weighted by molar-refractivity contribution is -0.142. The Hall–Kier alpha value is -0.610. The smallest absolute Gasteiger partial charge is 0.325 e. The Balaban J connectivity index is 2.48. The Bertz CT molecular complexity index is 167. The molecule has 1 fully saturated rings. The van der Waals surface area contributed by atoms with Crippen molar-refractivity contribution in [3.8, 4) is 0 Å². The second kappa shape index (κ2) is 2.79. The molecule has 64 valence electrons. The molecule has 0 spiro atoms. The lowest BCUT2D eigenvalue weighted by Gasteiger charge is -2.17. The lowest BCUT2D eigenvalue weighted by atomic mass is 10.3. The minimum atomic E-state index is -0.404. The van der Waals surface area contributed by atoms with Crippen LogP contribution in [0.3, 0.4) is 0 Å². The van der Waals surface area contributed by atoms with Gasteiger partial charge in [-0.2, -0.15) is 0 Å². The highest BCUT2D eigenvalue weighted by Crippen LogP contribution is 2.14. The van der Waals surface area contributed by atoms with Crippen LogP contribution in [0.25, 0.3) is 0 Å². The molecule has 0 unspecified atom stereocenters. The molecule has 0 saturated carbocycles. The number of hydrogen-bond donors (Lipinski definition) is 1. The van der Waals surface area contributed by atoms with Crippen molar-refractivity contribution in [2.45, 2.75) is 25.6 Å². The molecular formula is C7H13NO3. The molecule has 1 rings (SSSR count). The fourth-order valence-corrected chi connectivity index (χ4v) is 1.06. The predicted molar refractivity (Wildman–Crippen MR) is 39.0 cm³/mol. The summed E-state index contributed by atoms with van der Waals surface area (Å²) in [6.45, 7) is 4.13. The minimum Gasteiger partial charge on any atom is -0.468 e. The van der Waals surface area contributed by atoms with Crippen molar-refractivity contribution >= 4 is 5.97 Å². The van der Waals surface area contributed by atoms with E-state index in [4.69, 9.17) is 4.74 Å². The average Bonchev–Trinajstić information content (AvgIpc) is 2.29. The van der Waals surface area contributed by atoms with Crippen molar-refractivity contribution in [2.24, 2.45) is 0 Å². The fraction of sp³-hybridized carbons (Fsp3) is 0.857. The SMILES string of the molecule is COC(=O)[C@H]1COC(C)(C)N1. The van der Waals surface area contributed by atoms with Gasteiger partial charge < -0.3 is 9.47 Å². The van der Waals surface area contributed by atoms with Crippen LogP contribution in [-0.4, -0.2) is 31.5 Å². The Labute approximate surface area is 65.9 Å².